The number of hydrogen-bond donors (Lipinski definition) is 2. The van der Waals surface area contributed by atoms with Crippen LogP contribution < -0.4 is 5.43 Å². The van der Waals surface area contributed by atoms with Crippen molar-refractivity contribution >= 4 is 27.8 Å². The van der Waals surface area contributed by atoms with E-state index in [9.17, 15) is 9.59 Å². The van der Waals surface area contributed by atoms with E-state index in [4.69, 9.17) is 4.74 Å². The Labute approximate surface area is 108 Å². The van der Waals surface area contributed by atoms with E-state index < -0.39 is 5.97 Å². The Kier molecular flexibility index (Phi) is 2.59. The van der Waals surface area contributed by atoms with Crippen LogP contribution in [0.2, 0.25) is 0 Å². The smallest absolute Gasteiger partial charge is 0.343 e. The molecule has 0 aliphatic rings. The van der Waals surface area contributed by atoms with E-state index in [1.54, 1.807) is 13.1 Å². The van der Waals surface area contributed by atoms with E-state index >= 15 is 0 Å². The number of rotatable bonds is 2. The number of esters is 1. The molecule has 0 fully saturated rings. The quantitative estimate of drug-likeness (QED) is 0.690. The minimum Gasteiger partial charge on any atom is -0.462 e. The number of aromatic nitrogens is 2. The van der Waals surface area contributed by atoms with Gasteiger partial charge >= 0.3 is 5.97 Å². The van der Waals surface area contributed by atoms with E-state index in [-0.39, 0.29) is 17.6 Å². The summed E-state index contributed by atoms with van der Waals surface area (Å²) in [5.74, 6) is -0.599. The molecule has 3 aromatic rings. The fourth-order valence-corrected chi connectivity index (χ4v) is 2.21. The van der Waals surface area contributed by atoms with Crippen LogP contribution in [0.5, 0.6) is 0 Å². The summed E-state index contributed by atoms with van der Waals surface area (Å²) in [4.78, 5) is 30.2. The van der Waals surface area contributed by atoms with Crippen molar-refractivity contribution in [3.05, 3.63) is 46.4 Å². The van der Waals surface area contributed by atoms with Gasteiger partial charge in [-0.25, -0.2) is 4.79 Å². The van der Waals surface area contributed by atoms with Gasteiger partial charge in [0.05, 0.1) is 17.5 Å². The van der Waals surface area contributed by atoms with Crippen LogP contribution in [0.25, 0.3) is 21.8 Å². The van der Waals surface area contributed by atoms with E-state index in [0.29, 0.717) is 10.9 Å². The van der Waals surface area contributed by atoms with Crippen molar-refractivity contribution in [2.75, 3.05) is 6.61 Å². The molecule has 1 aromatic carbocycles. The number of carbonyl (C=O) groups excluding carboxylic acids is 1. The summed E-state index contributed by atoms with van der Waals surface area (Å²) in [6.07, 6.45) is 3.17. The molecule has 2 aromatic heterocycles. The highest BCUT2D eigenvalue weighted by atomic mass is 16.5. The SMILES string of the molecule is CCOC(=O)c1c[nH]c2ccc3[nH]ccc3c2c1=O. The molecule has 2 N–H and O–H groups in total. The first-order chi connectivity index (χ1) is 9.22. The van der Waals surface area contributed by atoms with E-state index in [1.807, 2.05) is 18.2 Å². The van der Waals surface area contributed by atoms with Gasteiger partial charge in [0.25, 0.3) is 0 Å². The predicted octanol–water partition coefficient (Wildman–Crippen LogP) is 2.19. The summed E-state index contributed by atoms with van der Waals surface area (Å²) in [5, 5.41) is 1.30. The summed E-state index contributed by atoms with van der Waals surface area (Å²) < 4.78 is 4.88. The maximum Gasteiger partial charge on any atom is 0.343 e. The Balaban J connectivity index is 2.36. The molecule has 0 saturated carbocycles. The van der Waals surface area contributed by atoms with Crippen LogP contribution in [-0.2, 0) is 4.74 Å². The highest BCUT2D eigenvalue weighted by Crippen LogP contribution is 2.20. The van der Waals surface area contributed by atoms with Gasteiger partial charge in [0, 0.05) is 23.3 Å². The van der Waals surface area contributed by atoms with Crippen molar-refractivity contribution in [1.82, 2.24) is 9.97 Å². The fraction of sp³-hybridized carbons (Fsp3) is 0.143. The Morgan fingerprint density at radius 1 is 1.21 bits per heavy atom. The maximum absolute atomic E-state index is 12.4. The number of aromatic amines is 2. The van der Waals surface area contributed by atoms with Gasteiger partial charge in [0.1, 0.15) is 5.56 Å². The summed E-state index contributed by atoms with van der Waals surface area (Å²) in [5.41, 5.74) is 1.28. The molecule has 0 radical (unpaired) electrons. The molecule has 2 heterocycles. The summed E-state index contributed by atoms with van der Waals surface area (Å²) in [6.45, 7) is 1.95. The van der Waals surface area contributed by atoms with Gasteiger partial charge in [-0.15, -0.1) is 0 Å². The van der Waals surface area contributed by atoms with Crippen LogP contribution in [0.3, 0.4) is 0 Å². The average molecular weight is 256 g/mol. The Hall–Kier alpha value is -2.56. The second-order valence-electron chi connectivity index (χ2n) is 4.18. The molecular formula is C14H12N2O3. The first kappa shape index (κ1) is 11.5. The van der Waals surface area contributed by atoms with Crippen molar-refractivity contribution in [2.45, 2.75) is 6.92 Å². The van der Waals surface area contributed by atoms with Crippen LogP contribution >= 0.6 is 0 Å². The highest BCUT2D eigenvalue weighted by molar-refractivity contribution is 6.07. The van der Waals surface area contributed by atoms with Gasteiger partial charge in [-0.2, -0.15) is 0 Å². The molecule has 3 rings (SSSR count). The van der Waals surface area contributed by atoms with Gasteiger partial charge in [0.15, 0.2) is 0 Å². The number of benzene rings is 1. The molecule has 0 amide bonds. The number of hydrogen-bond acceptors (Lipinski definition) is 3. The minimum atomic E-state index is -0.599. The number of ether oxygens (including phenoxy) is 1. The van der Waals surface area contributed by atoms with Gasteiger partial charge in [0.2, 0.25) is 5.43 Å². The number of pyridine rings is 1. The zero-order valence-corrected chi connectivity index (χ0v) is 10.3. The maximum atomic E-state index is 12.4. The lowest BCUT2D eigenvalue weighted by Crippen LogP contribution is -2.18. The number of H-pyrrole nitrogens is 2. The van der Waals surface area contributed by atoms with E-state index in [2.05, 4.69) is 9.97 Å². The van der Waals surface area contributed by atoms with Crippen LogP contribution in [0.15, 0.2) is 35.4 Å². The van der Waals surface area contributed by atoms with Crippen molar-refractivity contribution < 1.29 is 9.53 Å². The number of carbonyl (C=O) groups is 1. The van der Waals surface area contributed by atoms with Crippen molar-refractivity contribution in [3.8, 4) is 0 Å². The normalized spacial score (nSPS) is 11.0. The third-order valence-electron chi connectivity index (χ3n) is 3.07. The van der Waals surface area contributed by atoms with Crippen LogP contribution in [-0.4, -0.2) is 22.5 Å². The first-order valence-corrected chi connectivity index (χ1v) is 6.01. The molecule has 0 unspecified atom stereocenters. The van der Waals surface area contributed by atoms with Crippen LogP contribution in [0, 0.1) is 0 Å². The van der Waals surface area contributed by atoms with Gasteiger partial charge in [-0.1, -0.05) is 0 Å². The number of nitrogens with one attached hydrogen (secondary N) is 2. The zero-order chi connectivity index (χ0) is 13.4. The number of fused-ring (bicyclic) bond motifs is 3. The Morgan fingerprint density at radius 2 is 2.00 bits per heavy atom. The van der Waals surface area contributed by atoms with Crippen molar-refractivity contribution in [3.63, 3.8) is 0 Å². The Bertz CT molecular complexity index is 829. The van der Waals surface area contributed by atoms with Crippen LogP contribution in [0.4, 0.5) is 0 Å². The van der Waals surface area contributed by atoms with Crippen LogP contribution in [0.1, 0.15) is 17.3 Å². The summed E-state index contributed by atoms with van der Waals surface area (Å²) in [6, 6.07) is 5.52. The summed E-state index contributed by atoms with van der Waals surface area (Å²) >= 11 is 0. The van der Waals surface area contributed by atoms with Crippen molar-refractivity contribution in [2.24, 2.45) is 0 Å². The largest absolute Gasteiger partial charge is 0.462 e. The molecule has 0 saturated heterocycles. The monoisotopic (exact) mass is 256 g/mol. The van der Waals surface area contributed by atoms with Gasteiger partial charge in [-0.05, 0) is 25.1 Å². The zero-order valence-electron chi connectivity index (χ0n) is 10.3. The molecule has 0 spiro atoms. The molecular weight excluding hydrogens is 244 g/mol. The molecule has 0 aliphatic carbocycles. The molecule has 5 nitrogen and oxygen atoms in total. The van der Waals surface area contributed by atoms with Gasteiger partial charge < -0.3 is 14.7 Å². The standard InChI is InChI=1S/C14H12N2O3/c1-2-19-14(18)9-7-16-11-4-3-10-8(5-6-15-10)12(11)13(9)17/h3-7,15H,2H2,1H3,(H,16,17). The molecule has 96 valence electrons. The second kappa shape index (κ2) is 4.28. The second-order valence-corrected chi connectivity index (χ2v) is 4.18. The third-order valence-corrected chi connectivity index (χ3v) is 3.07. The third kappa shape index (κ3) is 1.71. The average Bonchev–Trinajstić information content (AvgIpc) is 2.87. The predicted molar refractivity (Wildman–Crippen MR) is 72.4 cm³/mol. The Morgan fingerprint density at radius 3 is 2.79 bits per heavy atom. The minimum absolute atomic E-state index is 0.0306. The first-order valence-electron chi connectivity index (χ1n) is 6.01. The molecule has 5 heteroatoms. The highest BCUT2D eigenvalue weighted by Gasteiger charge is 2.15. The fourth-order valence-electron chi connectivity index (χ4n) is 2.21. The lowest BCUT2D eigenvalue weighted by atomic mass is 10.1. The van der Waals surface area contributed by atoms with Gasteiger partial charge in [-0.3, -0.25) is 4.79 Å². The molecule has 0 atom stereocenters. The van der Waals surface area contributed by atoms with E-state index in [1.165, 1.54) is 6.20 Å². The molecule has 0 aliphatic heterocycles. The molecule has 0 bridgehead atoms. The lowest BCUT2D eigenvalue weighted by Gasteiger charge is -2.04. The van der Waals surface area contributed by atoms with E-state index in [0.717, 1.165) is 10.9 Å². The van der Waals surface area contributed by atoms with Crippen molar-refractivity contribution in [1.29, 1.82) is 0 Å². The topological polar surface area (TPSA) is 75.0 Å². The lowest BCUT2D eigenvalue weighted by molar-refractivity contribution is 0.0524. The molecule has 19 heavy (non-hydrogen) atoms. The summed E-state index contributed by atoms with van der Waals surface area (Å²) in [7, 11) is 0.